The molecule has 1 aliphatic heterocycles. The molecule has 1 heterocycles. The Labute approximate surface area is 185 Å². The van der Waals surface area contributed by atoms with Gasteiger partial charge in [-0.2, -0.15) is 0 Å². The first-order valence-corrected chi connectivity index (χ1v) is 10.4. The van der Waals surface area contributed by atoms with Crippen LogP contribution in [0.4, 0.5) is 14.5 Å². The van der Waals surface area contributed by atoms with Crippen molar-refractivity contribution in [1.82, 2.24) is 10.6 Å². The number of carbonyl (C=O) groups is 2. The van der Waals surface area contributed by atoms with Crippen molar-refractivity contribution in [1.29, 1.82) is 0 Å². The molecule has 5 nitrogen and oxygen atoms in total. The zero-order valence-corrected chi connectivity index (χ0v) is 17.4. The summed E-state index contributed by atoms with van der Waals surface area (Å²) in [5.74, 6) is -2.92. The molecule has 0 saturated heterocycles. The molecule has 7 heteroatoms. The smallest absolute Gasteiger partial charge is 0.254 e. The molecule has 0 radical (unpaired) electrons. The molecule has 0 bridgehead atoms. The van der Waals surface area contributed by atoms with Crippen molar-refractivity contribution in [2.24, 2.45) is 0 Å². The number of amides is 2. The van der Waals surface area contributed by atoms with Crippen molar-refractivity contribution in [3.63, 3.8) is 0 Å². The zero-order chi connectivity index (χ0) is 22.5. The number of anilines is 1. The van der Waals surface area contributed by atoms with Crippen LogP contribution in [0.15, 0.2) is 66.7 Å². The number of halogens is 2. The molecular formula is C25H23F2N3O2. The summed E-state index contributed by atoms with van der Waals surface area (Å²) in [5, 5.41) is 5.05. The molecule has 0 saturated carbocycles. The highest BCUT2D eigenvalue weighted by atomic mass is 19.1. The van der Waals surface area contributed by atoms with Gasteiger partial charge in [0.05, 0.1) is 12.1 Å². The minimum atomic E-state index is -0.972. The Balaban J connectivity index is 1.23. The van der Waals surface area contributed by atoms with Crippen LogP contribution < -0.4 is 15.5 Å². The summed E-state index contributed by atoms with van der Waals surface area (Å²) in [5.41, 5.74) is 4.47. The number of carbonyl (C=O) groups excluding carboxylic acids is 2. The first-order valence-electron chi connectivity index (χ1n) is 10.4. The van der Waals surface area contributed by atoms with E-state index in [0.29, 0.717) is 12.6 Å². The summed E-state index contributed by atoms with van der Waals surface area (Å²) in [4.78, 5) is 26.3. The Morgan fingerprint density at radius 3 is 2.44 bits per heavy atom. The van der Waals surface area contributed by atoms with Crippen LogP contribution in [0.1, 0.15) is 27.0 Å². The van der Waals surface area contributed by atoms with E-state index in [-0.39, 0.29) is 12.1 Å². The highest BCUT2D eigenvalue weighted by Crippen LogP contribution is 2.28. The molecule has 0 fully saturated rings. The van der Waals surface area contributed by atoms with E-state index in [0.717, 1.165) is 37.2 Å². The Bertz CT molecular complexity index is 1130. The molecule has 4 rings (SSSR count). The number of rotatable bonds is 7. The van der Waals surface area contributed by atoms with E-state index in [1.165, 1.54) is 16.8 Å². The third kappa shape index (κ3) is 5.11. The number of hydrogen-bond donors (Lipinski definition) is 2. The fraction of sp³-hybridized carbons (Fsp3) is 0.200. The van der Waals surface area contributed by atoms with Gasteiger partial charge in [-0.05, 0) is 41.3 Å². The van der Waals surface area contributed by atoms with Gasteiger partial charge in [-0.3, -0.25) is 9.59 Å². The van der Waals surface area contributed by atoms with Crippen LogP contribution in [0.2, 0.25) is 0 Å². The fourth-order valence-electron chi connectivity index (χ4n) is 3.75. The van der Waals surface area contributed by atoms with Crippen molar-refractivity contribution < 1.29 is 18.4 Å². The highest BCUT2D eigenvalue weighted by Gasteiger charge is 2.18. The van der Waals surface area contributed by atoms with E-state index < -0.39 is 23.4 Å². The summed E-state index contributed by atoms with van der Waals surface area (Å²) < 4.78 is 26.6. The summed E-state index contributed by atoms with van der Waals surface area (Å²) in [6.45, 7) is 1.84. The second kappa shape index (κ2) is 9.60. The highest BCUT2D eigenvalue weighted by molar-refractivity contribution is 5.96. The first kappa shape index (κ1) is 21.5. The third-order valence-electron chi connectivity index (χ3n) is 5.45. The predicted molar refractivity (Wildman–Crippen MR) is 118 cm³/mol. The maximum absolute atomic E-state index is 13.6. The molecule has 2 amide bonds. The molecule has 3 aromatic rings. The molecule has 1 aliphatic rings. The Morgan fingerprint density at radius 1 is 0.906 bits per heavy atom. The molecule has 0 atom stereocenters. The van der Waals surface area contributed by atoms with Crippen LogP contribution in [-0.4, -0.2) is 24.9 Å². The zero-order valence-electron chi connectivity index (χ0n) is 17.4. The van der Waals surface area contributed by atoms with Gasteiger partial charge in [0.15, 0.2) is 0 Å². The topological polar surface area (TPSA) is 61.4 Å². The van der Waals surface area contributed by atoms with Gasteiger partial charge in [-0.25, -0.2) is 8.78 Å². The van der Waals surface area contributed by atoms with E-state index in [1.807, 2.05) is 24.3 Å². The largest absolute Gasteiger partial charge is 0.367 e. The van der Waals surface area contributed by atoms with E-state index in [9.17, 15) is 18.4 Å². The first-order chi connectivity index (χ1) is 15.5. The lowest BCUT2D eigenvalue weighted by molar-refractivity contribution is -0.120. The molecule has 2 N–H and O–H groups in total. The minimum Gasteiger partial charge on any atom is -0.367 e. The number of nitrogens with zero attached hydrogens (tertiary/aromatic N) is 1. The average Bonchev–Trinajstić information content (AvgIpc) is 3.20. The van der Waals surface area contributed by atoms with Gasteiger partial charge in [-0.1, -0.05) is 42.5 Å². The third-order valence-corrected chi connectivity index (χ3v) is 5.45. The lowest BCUT2D eigenvalue weighted by Gasteiger charge is -2.19. The van der Waals surface area contributed by atoms with Gasteiger partial charge >= 0.3 is 0 Å². The van der Waals surface area contributed by atoms with Crippen LogP contribution in [-0.2, 0) is 24.3 Å². The van der Waals surface area contributed by atoms with Crippen LogP contribution in [0.5, 0.6) is 0 Å². The van der Waals surface area contributed by atoms with Crippen LogP contribution >= 0.6 is 0 Å². The number of para-hydroxylation sites is 1. The van der Waals surface area contributed by atoms with Gasteiger partial charge in [0.1, 0.15) is 11.6 Å². The number of nitrogens with one attached hydrogen (secondary N) is 2. The molecule has 164 valence electrons. The van der Waals surface area contributed by atoms with Crippen molar-refractivity contribution >= 4 is 17.5 Å². The normalized spacial score (nSPS) is 12.4. The number of benzene rings is 3. The fourth-order valence-corrected chi connectivity index (χ4v) is 3.75. The van der Waals surface area contributed by atoms with Crippen molar-refractivity contribution in [2.45, 2.75) is 19.5 Å². The van der Waals surface area contributed by atoms with Gasteiger partial charge in [0, 0.05) is 31.4 Å². The lowest BCUT2D eigenvalue weighted by atomic mass is 10.1. The van der Waals surface area contributed by atoms with Crippen LogP contribution in [0.25, 0.3) is 0 Å². The Hall–Kier alpha value is -3.74. The Morgan fingerprint density at radius 2 is 1.66 bits per heavy atom. The van der Waals surface area contributed by atoms with E-state index >= 15 is 0 Å². The van der Waals surface area contributed by atoms with Crippen molar-refractivity contribution in [3.05, 3.63) is 101 Å². The van der Waals surface area contributed by atoms with E-state index in [2.05, 4.69) is 39.8 Å². The predicted octanol–water partition coefficient (Wildman–Crippen LogP) is 3.57. The number of hydrogen-bond acceptors (Lipinski definition) is 3. The Kier molecular flexibility index (Phi) is 6.44. The van der Waals surface area contributed by atoms with Crippen molar-refractivity contribution in [2.75, 3.05) is 18.0 Å². The SMILES string of the molecule is O=C(CNC(=O)c1ccc(F)cc1F)NCc1ccc(CN2CCc3ccccc32)cc1. The summed E-state index contributed by atoms with van der Waals surface area (Å²) in [6.07, 6.45) is 1.06. The second-order valence-electron chi connectivity index (χ2n) is 7.70. The quantitative estimate of drug-likeness (QED) is 0.597. The van der Waals surface area contributed by atoms with E-state index in [4.69, 9.17) is 0 Å². The van der Waals surface area contributed by atoms with Crippen LogP contribution in [0, 0.1) is 11.6 Å². The molecule has 32 heavy (non-hydrogen) atoms. The lowest BCUT2D eigenvalue weighted by Crippen LogP contribution is -2.36. The maximum Gasteiger partial charge on any atom is 0.254 e. The van der Waals surface area contributed by atoms with Gasteiger partial charge < -0.3 is 15.5 Å². The standard InChI is InChI=1S/C25H23F2N3O2/c26-20-9-10-21(22(27)13-20)25(32)29-15-24(31)28-14-17-5-7-18(8-6-17)16-30-12-11-19-3-1-2-4-23(19)30/h1-10,13H,11-12,14-16H2,(H,28,31)(H,29,32). The summed E-state index contributed by atoms with van der Waals surface area (Å²) in [6, 6.07) is 19.1. The molecule has 0 aromatic heterocycles. The average molecular weight is 435 g/mol. The van der Waals surface area contributed by atoms with Gasteiger partial charge in [0.25, 0.3) is 5.91 Å². The molecule has 0 aliphatic carbocycles. The minimum absolute atomic E-state index is 0.303. The second-order valence-corrected chi connectivity index (χ2v) is 7.70. The molecule has 0 spiro atoms. The maximum atomic E-state index is 13.6. The number of fused-ring (bicyclic) bond motifs is 1. The molecular weight excluding hydrogens is 412 g/mol. The molecule has 0 unspecified atom stereocenters. The molecule has 3 aromatic carbocycles. The van der Waals surface area contributed by atoms with Gasteiger partial charge in [-0.15, -0.1) is 0 Å². The van der Waals surface area contributed by atoms with E-state index in [1.54, 1.807) is 0 Å². The summed E-state index contributed by atoms with van der Waals surface area (Å²) in [7, 11) is 0. The van der Waals surface area contributed by atoms with Gasteiger partial charge in [0.2, 0.25) is 5.91 Å². The van der Waals surface area contributed by atoms with Crippen LogP contribution in [0.3, 0.4) is 0 Å². The van der Waals surface area contributed by atoms with Crippen molar-refractivity contribution in [3.8, 4) is 0 Å². The summed E-state index contributed by atoms with van der Waals surface area (Å²) >= 11 is 0. The monoisotopic (exact) mass is 435 g/mol.